The molecule has 1 rings (SSSR count). The lowest BCUT2D eigenvalue weighted by Gasteiger charge is -2.07. The molecule has 12 heavy (non-hydrogen) atoms. The number of rotatable bonds is 4. The molecule has 1 aliphatic rings. The van der Waals surface area contributed by atoms with Crippen LogP contribution in [0.4, 0.5) is 0 Å². The van der Waals surface area contributed by atoms with E-state index in [0.29, 0.717) is 12.3 Å². The van der Waals surface area contributed by atoms with Gasteiger partial charge in [0.05, 0.1) is 0 Å². The quantitative estimate of drug-likeness (QED) is 0.605. The SMILES string of the molecule is CCCC(=O)O[CH]C1CCCC1. The average molecular weight is 169 g/mol. The predicted octanol–water partition coefficient (Wildman–Crippen LogP) is 2.68. The summed E-state index contributed by atoms with van der Waals surface area (Å²) in [6.07, 6.45) is 6.37. The van der Waals surface area contributed by atoms with Gasteiger partial charge in [0.15, 0.2) is 0 Å². The van der Waals surface area contributed by atoms with E-state index in [1.807, 2.05) is 6.92 Å². The van der Waals surface area contributed by atoms with Gasteiger partial charge in [0.1, 0.15) is 6.61 Å². The molecule has 0 saturated heterocycles. The van der Waals surface area contributed by atoms with Crippen LogP contribution in [0, 0.1) is 12.5 Å². The highest BCUT2D eigenvalue weighted by molar-refractivity contribution is 5.69. The van der Waals surface area contributed by atoms with Crippen LogP contribution in [-0.4, -0.2) is 5.97 Å². The van der Waals surface area contributed by atoms with E-state index in [0.717, 1.165) is 6.42 Å². The minimum Gasteiger partial charge on any atom is -0.458 e. The molecule has 1 aliphatic carbocycles. The van der Waals surface area contributed by atoms with Crippen molar-refractivity contribution in [2.75, 3.05) is 0 Å². The van der Waals surface area contributed by atoms with E-state index in [2.05, 4.69) is 0 Å². The molecule has 0 heterocycles. The van der Waals surface area contributed by atoms with Crippen molar-refractivity contribution in [2.45, 2.75) is 45.4 Å². The summed E-state index contributed by atoms with van der Waals surface area (Å²) in [5.74, 6) is 0.454. The van der Waals surface area contributed by atoms with Crippen LogP contribution in [0.25, 0.3) is 0 Å². The number of hydrogen-bond donors (Lipinski definition) is 0. The zero-order chi connectivity index (χ0) is 8.81. The summed E-state index contributed by atoms with van der Waals surface area (Å²) >= 11 is 0. The first-order chi connectivity index (χ1) is 5.83. The van der Waals surface area contributed by atoms with Crippen LogP contribution in [0.15, 0.2) is 0 Å². The number of carbonyl (C=O) groups is 1. The van der Waals surface area contributed by atoms with Crippen molar-refractivity contribution in [3.8, 4) is 0 Å². The molecular weight excluding hydrogens is 152 g/mol. The Hall–Kier alpha value is -0.530. The van der Waals surface area contributed by atoms with Gasteiger partial charge >= 0.3 is 5.97 Å². The highest BCUT2D eigenvalue weighted by Crippen LogP contribution is 2.27. The van der Waals surface area contributed by atoms with Gasteiger partial charge < -0.3 is 4.74 Å². The molecule has 0 aliphatic heterocycles. The van der Waals surface area contributed by atoms with E-state index >= 15 is 0 Å². The molecule has 2 nitrogen and oxygen atoms in total. The first-order valence-electron chi connectivity index (χ1n) is 4.85. The van der Waals surface area contributed by atoms with Crippen LogP contribution in [-0.2, 0) is 9.53 Å². The Labute approximate surface area is 74.3 Å². The van der Waals surface area contributed by atoms with E-state index in [4.69, 9.17) is 4.74 Å². The molecule has 0 spiro atoms. The van der Waals surface area contributed by atoms with Crippen molar-refractivity contribution < 1.29 is 9.53 Å². The second kappa shape index (κ2) is 5.18. The van der Waals surface area contributed by atoms with Gasteiger partial charge in [-0.1, -0.05) is 19.8 Å². The first kappa shape index (κ1) is 9.56. The molecule has 0 unspecified atom stereocenters. The molecule has 69 valence electrons. The molecule has 1 radical (unpaired) electrons. The molecule has 0 aromatic carbocycles. The molecule has 0 amide bonds. The minimum absolute atomic E-state index is 0.0793. The summed E-state index contributed by atoms with van der Waals surface area (Å²) in [5, 5.41) is 0. The highest BCUT2D eigenvalue weighted by atomic mass is 16.5. The molecule has 0 aromatic rings. The Balaban J connectivity index is 2.03. The van der Waals surface area contributed by atoms with Crippen molar-refractivity contribution in [1.29, 1.82) is 0 Å². The van der Waals surface area contributed by atoms with Gasteiger partial charge in [0.2, 0.25) is 0 Å². The fourth-order valence-corrected chi connectivity index (χ4v) is 1.53. The van der Waals surface area contributed by atoms with E-state index in [1.165, 1.54) is 25.7 Å². The highest BCUT2D eigenvalue weighted by Gasteiger charge is 2.17. The second-order valence-electron chi connectivity index (χ2n) is 3.42. The van der Waals surface area contributed by atoms with Crippen LogP contribution < -0.4 is 0 Å². The van der Waals surface area contributed by atoms with Crippen LogP contribution in [0.1, 0.15) is 45.4 Å². The van der Waals surface area contributed by atoms with Gasteiger partial charge in [-0.2, -0.15) is 0 Å². The van der Waals surface area contributed by atoms with Crippen LogP contribution in [0.3, 0.4) is 0 Å². The maximum Gasteiger partial charge on any atom is 0.306 e. The molecule has 2 heteroatoms. The van der Waals surface area contributed by atoms with Gasteiger partial charge in [0.25, 0.3) is 0 Å². The van der Waals surface area contributed by atoms with Crippen LogP contribution in [0.5, 0.6) is 0 Å². The zero-order valence-corrected chi connectivity index (χ0v) is 7.71. The monoisotopic (exact) mass is 169 g/mol. The molecule has 1 fully saturated rings. The second-order valence-corrected chi connectivity index (χ2v) is 3.42. The third-order valence-electron chi connectivity index (χ3n) is 2.25. The van der Waals surface area contributed by atoms with Crippen molar-refractivity contribution in [1.82, 2.24) is 0 Å². The largest absolute Gasteiger partial charge is 0.458 e. The normalized spacial score (nSPS) is 18.1. The Kier molecular flexibility index (Phi) is 4.12. The maximum atomic E-state index is 10.9. The molecule has 0 atom stereocenters. The van der Waals surface area contributed by atoms with E-state index in [9.17, 15) is 4.79 Å². The number of ether oxygens (including phenoxy) is 1. The van der Waals surface area contributed by atoms with Crippen molar-refractivity contribution in [3.05, 3.63) is 6.61 Å². The van der Waals surface area contributed by atoms with Gasteiger partial charge in [-0.3, -0.25) is 4.79 Å². The van der Waals surface area contributed by atoms with Crippen LogP contribution in [0.2, 0.25) is 0 Å². The summed E-state index contributed by atoms with van der Waals surface area (Å²) in [6.45, 7) is 3.72. The Morgan fingerprint density at radius 1 is 1.50 bits per heavy atom. The summed E-state index contributed by atoms with van der Waals surface area (Å²) in [4.78, 5) is 10.9. The van der Waals surface area contributed by atoms with Crippen molar-refractivity contribution in [2.24, 2.45) is 5.92 Å². The molecule has 0 aromatic heterocycles. The predicted molar refractivity (Wildman–Crippen MR) is 47.3 cm³/mol. The fraction of sp³-hybridized carbons (Fsp3) is 0.800. The van der Waals surface area contributed by atoms with Gasteiger partial charge in [-0.15, -0.1) is 0 Å². The van der Waals surface area contributed by atoms with Crippen molar-refractivity contribution >= 4 is 5.97 Å². The minimum atomic E-state index is -0.0793. The Morgan fingerprint density at radius 2 is 2.17 bits per heavy atom. The lowest BCUT2D eigenvalue weighted by Crippen LogP contribution is -2.06. The van der Waals surface area contributed by atoms with E-state index in [1.54, 1.807) is 6.61 Å². The molecule has 0 bridgehead atoms. The Bertz CT molecular complexity index is 137. The number of esters is 1. The third-order valence-corrected chi connectivity index (χ3v) is 2.25. The number of carbonyl (C=O) groups excluding carboxylic acids is 1. The maximum absolute atomic E-state index is 10.9. The zero-order valence-electron chi connectivity index (χ0n) is 7.71. The first-order valence-corrected chi connectivity index (χ1v) is 4.85. The Morgan fingerprint density at radius 3 is 2.75 bits per heavy atom. The van der Waals surface area contributed by atoms with E-state index < -0.39 is 0 Å². The van der Waals surface area contributed by atoms with Crippen LogP contribution >= 0.6 is 0 Å². The van der Waals surface area contributed by atoms with Crippen molar-refractivity contribution in [3.63, 3.8) is 0 Å². The molecule has 1 saturated carbocycles. The molecular formula is C10H17O2. The van der Waals surface area contributed by atoms with Gasteiger partial charge in [0, 0.05) is 6.42 Å². The summed E-state index contributed by atoms with van der Waals surface area (Å²) in [6, 6.07) is 0. The lowest BCUT2D eigenvalue weighted by atomic mass is 10.1. The third kappa shape index (κ3) is 3.24. The lowest BCUT2D eigenvalue weighted by molar-refractivity contribution is -0.141. The van der Waals surface area contributed by atoms with Gasteiger partial charge in [-0.05, 0) is 25.2 Å². The van der Waals surface area contributed by atoms with E-state index in [-0.39, 0.29) is 5.97 Å². The number of hydrogen-bond acceptors (Lipinski definition) is 2. The fourth-order valence-electron chi connectivity index (χ4n) is 1.53. The molecule has 0 N–H and O–H groups in total. The topological polar surface area (TPSA) is 26.3 Å². The standard InChI is InChI=1S/C10H17O2/c1-2-5-10(11)12-8-9-6-3-4-7-9/h8-9H,2-7H2,1H3. The summed E-state index contributed by atoms with van der Waals surface area (Å²) < 4.78 is 5.00. The summed E-state index contributed by atoms with van der Waals surface area (Å²) in [7, 11) is 0. The smallest absolute Gasteiger partial charge is 0.306 e. The van der Waals surface area contributed by atoms with Gasteiger partial charge in [-0.25, -0.2) is 0 Å². The summed E-state index contributed by atoms with van der Waals surface area (Å²) in [5.41, 5.74) is 0. The average Bonchev–Trinajstić information content (AvgIpc) is 2.53.